The van der Waals surface area contributed by atoms with E-state index in [2.05, 4.69) is 31.8 Å². The van der Waals surface area contributed by atoms with E-state index in [9.17, 15) is 9.59 Å². The maximum atomic E-state index is 13.3. The number of carbonyl (C=O) groups excluding carboxylic acids is 2. The molecular formula is C18H19N3O2S. The van der Waals surface area contributed by atoms with Gasteiger partial charge in [-0.1, -0.05) is 18.6 Å². The van der Waals surface area contributed by atoms with E-state index >= 15 is 0 Å². The third-order valence-electron chi connectivity index (χ3n) is 4.98. The number of benzene rings is 1. The molecule has 0 bridgehead atoms. The zero-order valence-electron chi connectivity index (χ0n) is 14.1. The molecule has 6 heteroatoms. The molecular weight excluding hydrogens is 322 g/mol. The van der Waals surface area contributed by atoms with Crippen LogP contribution in [0.1, 0.15) is 49.8 Å². The molecule has 1 unspecified atom stereocenters. The lowest BCUT2D eigenvalue weighted by atomic mass is 9.80. The zero-order chi connectivity index (χ0) is 17.4. The Morgan fingerprint density at radius 2 is 2.04 bits per heavy atom. The minimum atomic E-state index is -0.415. The van der Waals surface area contributed by atoms with Gasteiger partial charge in [0.05, 0.1) is 16.2 Å². The van der Waals surface area contributed by atoms with Crippen LogP contribution in [-0.2, 0) is 9.59 Å². The number of anilines is 1. The summed E-state index contributed by atoms with van der Waals surface area (Å²) in [5.74, 6) is -0.174. The van der Waals surface area contributed by atoms with E-state index in [-0.39, 0.29) is 16.6 Å². The minimum absolute atomic E-state index is 0.116. The number of nitrogens with zero attached hydrogens (tertiary/aromatic N) is 2. The highest BCUT2D eigenvalue weighted by molar-refractivity contribution is 8.18. The monoisotopic (exact) mass is 341 g/mol. The molecule has 1 atom stereocenters. The van der Waals surface area contributed by atoms with E-state index in [1.165, 1.54) is 5.56 Å². The topological polar surface area (TPSA) is 75.8 Å². The van der Waals surface area contributed by atoms with E-state index in [1.807, 2.05) is 17.9 Å². The van der Waals surface area contributed by atoms with E-state index in [0.29, 0.717) is 16.4 Å². The maximum absolute atomic E-state index is 13.3. The Bertz CT molecular complexity index is 882. The Kier molecular flexibility index (Phi) is 3.04. The average Bonchev–Trinajstić information content (AvgIpc) is 2.92. The molecule has 2 N–H and O–H groups in total. The highest BCUT2D eigenvalue weighted by Gasteiger charge is 2.49. The fourth-order valence-corrected chi connectivity index (χ4v) is 4.95. The Balaban J connectivity index is 2.05. The van der Waals surface area contributed by atoms with Crippen molar-refractivity contribution in [2.24, 2.45) is 10.7 Å². The van der Waals surface area contributed by atoms with Crippen LogP contribution in [-0.4, -0.2) is 22.5 Å². The number of rotatable bonds is 0. The molecule has 0 fully saturated rings. The van der Waals surface area contributed by atoms with Crippen LogP contribution in [0.2, 0.25) is 0 Å². The first-order valence-electron chi connectivity index (χ1n) is 8.01. The van der Waals surface area contributed by atoms with Crippen LogP contribution in [0, 0.1) is 6.92 Å². The molecule has 4 rings (SSSR count). The summed E-state index contributed by atoms with van der Waals surface area (Å²) in [4.78, 5) is 31.5. The summed E-state index contributed by atoms with van der Waals surface area (Å²) in [5, 5.41) is 0.200. The van der Waals surface area contributed by atoms with Crippen molar-refractivity contribution < 1.29 is 9.59 Å². The second-order valence-electron chi connectivity index (χ2n) is 7.37. The van der Waals surface area contributed by atoms with E-state index in [0.717, 1.165) is 35.0 Å². The molecule has 0 aliphatic carbocycles. The van der Waals surface area contributed by atoms with Crippen LogP contribution in [0.15, 0.2) is 22.0 Å². The molecule has 1 aromatic rings. The first-order valence-corrected chi connectivity index (χ1v) is 8.82. The van der Waals surface area contributed by atoms with E-state index < -0.39 is 5.91 Å². The maximum Gasteiger partial charge on any atom is 0.287 e. The van der Waals surface area contributed by atoms with Gasteiger partial charge in [0.15, 0.2) is 5.17 Å². The van der Waals surface area contributed by atoms with Gasteiger partial charge in [-0.3, -0.25) is 9.59 Å². The average molecular weight is 341 g/mol. The van der Waals surface area contributed by atoms with Crippen molar-refractivity contribution in [2.75, 3.05) is 4.90 Å². The van der Waals surface area contributed by atoms with Gasteiger partial charge < -0.3 is 10.6 Å². The van der Waals surface area contributed by atoms with Crippen molar-refractivity contribution in [3.63, 3.8) is 0 Å². The number of nitrogens with two attached hydrogens (primary N) is 1. The highest BCUT2D eigenvalue weighted by Crippen LogP contribution is 2.53. The second-order valence-corrected chi connectivity index (χ2v) is 8.40. The van der Waals surface area contributed by atoms with Crippen molar-refractivity contribution in [3.05, 3.63) is 33.7 Å². The van der Waals surface area contributed by atoms with Gasteiger partial charge >= 0.3 is 0 Å². The molecule has 0 aromatic heterocycles. The molecule has 3 aliphatic heterocycles. The number of hydrogen-bond donors (Lipinski definition) is 1. The number of aryl methyl sites for hydroxylation is 1. The smallest absolute Gasteiger partial charge is 0.287 e. The number of amides is 2. The lowest BCUT2D eigenvalue weighted by Gasteiger charge is -2.43. The van der Waals surface area contributed by atoms with Gasteiger partial charge in [-0.2, -0.15) is 4.99 Å². The molecule has 5 nitrogen and oxygen atoms in total. The summed E-state index contributed by atoms with van der Waals surface area (Å²) >= 11 is 1.09. The second kappa shape index (κ2) is 4.72. The quantitative estimate of drug-likeness (QED) is 0.736. The van der Waals surface area contributed by atoms with Gasteiger partial charge in [-0.05, 0) is 56.5 Å². The van der Waals surface area contributed by atoms with Gasteiger partial charge in [0, 0.05) is 11.1 Å². The van der Waals surface area contributed by atoms with Gasteiger partial charge in [0.1, 0.15) is 0 Å². The molecule has 3 aliphatic rings. The van der Waals surface area contributed by atoms with Crippen LogP contribution in [0.5, 0.6) is 0 Å². The molecule has 1 aromatic carbocycles. The largest absolute Gasteiger partial charge is 0.378 e. The third-order valence-corrected chi connectivity index (χ3v) is 5.86. The third kappa shape index (κ3) is 1.92. The predicted molar refractivity (Wildman–Crippen MR) is 96.9 cm³/mol. The number of thioether (sulfide) groups is 1. The summed E-state index contributed by atoms with van der Waals surface area (Å²) < 4.78 is 0. The van der Waals surface area contributed by atoms with Crippen LogP contribution < -0.4 is 10.6 Å². The Labute approximate surface area is 145 Å². The van der Waals surface area contributed by atoms with Crippen LogP contribution in [0.3, 0.4) is 0 Å². The summed E-state index contributed by atoms with van der Waals surface area (Å²) in [6.07, 6.45) is 0.886. The fraction of sp³-hybridized carbons (Fsp3) is 0.389. The van der Waals surface area contributed by atoms with Crippen LogP contribution >= 0.6 is 11.8 Å². The first kappa shape index (κ1) is 15.4. The number of hydrogen-bond acceptors (Lipinski definition) is 4. The van der Waals surface area contributed by atoms with Crippen molar-refractivity contribution in [1.82, 2.24) is 0 Å². The SMILES string of the molecule is Cc1cc2c3c(c1)C(C)CC(C)(C)N3C(=O)/C2=C1\SC(N)=NC1=O. The summed E-state index contributed by atoms with van der Waals surface area (Å²) in [6, 6.07) is 4.15. The lowest BCUT2D eigenvalue weighted by Crippen LogP contribution is -2.49. The van der Waals surface area contributed by atoms with Gasteiger partial charge in [0.25, 0.3) is 11.8 Å². The molecule has 2 amide bonds. The number of aliphatic imine (C=N–C) groups is 1. The normalized spacial score (nSPS) is 27.6. The number of amidine groups is 1. The highest BCUT2D eigenvalue weighted by atomic mass is 32.2. The van der Waals surface area contributed by atoms with Crippen LogP contribution in [0.25, 0.3) is 5.57 Å². The molecule has 124 valence electrons. The van der Waals surface area contributed by atoms with Crippen molar-refractivity contribution in [2.45, 2.75) is 45.6 Å². The van der Waals surface area contributed by atoms with Crippen molar-refractivity contribution in [3.8, 4) is 0 Å². The van der Waals surface area contributed by atoms with E-state index in [4.69, 9.17) is 5.73 Å². The Morgan fingerprint density at radius 3 is 2.67 bits per heavy atom. The molecule has 24 heavy (non-hydrogen) atoms. The Hall–Kier alpha value is -2.08. The van der Waals surface area contributed by atoms with E-state index in [1.54, 1.807) is 0 Å². The van der Waals surface area contributed by atoms with Gasteiger partial charge in [0.2, 0.25) is 0 Å². The fourth-order valence-electron chi connectivity index (χ4n) is 4.18. The lowest BCUT2D eigenvalue weighted by molar-refractivity contribution is -0.115. The predicted octanol–water partition coefficient (Wildman–Crippen LogP) is 2.93. The Morgan fingerprint density at radius 1 is 1.33 bits per heavy atom. The van der Waals surface area contributed by atoms with Gasteiger partial charge in [-0.15, -0.1) is 0 Å². The van der Waals surface area contributed by atoms with Crippen molar-refractivity contribution in [1.29, 1.82) is 0 Å². The number of carbonyl (C=O) groups is 2. The molecule has 0 saturated heterocycles. The van der Waals surface area contributed by atoms with Crippen LogP contribution in [0.4, 0.5) is 5.69 Å². The zero-order valence-corrected chi connectivity index (χ0v) is 15.0. The first-order chi connectivity index (χ1) is 11.2. The molecule has 0 saturated carbocycles. The van der Waals surface area contributed by atoms with Gasteiger partial charge in [-0.25, -0.2) is 0 Å². The summed E-state index contributed by atoms with van der Waals surface area (Å²) in [5.41, 5.74) is 9.92. The molecule has 0 spiro atoms. The van der Waals surface area contributed by atoms with Crippen molar-refractivity contribution >= 4 is 40.0 Å². The molecule has 0 radical (unpaired) electrons. The molecule has 3 heterocycles. The summed E-state index contributed by atoms with van der Waals surface area (Å²) in [6.45, 7) is 8.37. The minimum Gasteiger partial charge on any atom is -0.378 e. The summed E-state index contributed by atoms with van der Waals surface area (Å²) in [7, 11) is 0. The standard InChI is InChI=1S/C18H19N3O2S/c1-8-5-10-9(2)7-18(3,4)21-13(10)11(6-8)12(16(21)23)14-15(22)20-17(19)24-14/h5-6,9H,7H2,1-4H3,(H2,19,20,22)/b14-12-.